The highest BCUT2D eigenvalue weighted by Gasteiger charge is 2.24. The number of nitrogens with zero attached hydrogens (tertiary/aromatic N) is 3. The number of benzene rings is 2. The van der Waals surface area contributed by atoms with Crippen molar-refractivity contribution in [2.75, 3.05) is 36.5 Å². The van der Waals surface area contributed by atoms with Crippen LogP contribution in [0.1, 0.15) is 30.4 Å². The quantitative estimate of drug-likeness (QED) is 0.116. The van der Waals surface area contributed by atoms with Crippen LogP contribution in [0.25, 0.3) is 6.08 Å². The van der Waals surface area contributed by atoms with Crippen LogP contribution in [0.15, 0.2) is 51.3 Å². The molecule has 12 nitrogen and oxygen atoms in total. The highest BCUT2D eigenvalue weighted by molar-refractivity contribution is 8.18. The average molecular weight is 580 g/mol. The van der Waals surface area contributed by atoms with Gasteiger partial charge in [-0.3, -0.25) is 9.59 Å². The van der Waals surface area contributed by atoms with Crippen molar-refractivity contribution in [3.8, 4) is 11.5 Å². The number of aliphatic hydroxyl groups excluding tert-OH is 1. The van der Waals surface area contributed by atoms with Gasteiger partial charge in [-0.2, -0.15) is 9.98 Å². The molecular weight excluding hydrogens is 546 g/mol. The van der Waals surface area contributed by atoms with Gasteiger partial charge in [-0.05, 0) is 66.9 Å². The number of thioether (sulfide) groups is 1. The summed E-state index contributed by atoms with van der Waals surface area (Å²) in [5.74, 6) is -0.0667. The van der Waals surface area contributed by atoms with Crippen molar-refractivity contribution >= 4 is 52.2 Å². The Bertz CT molecular complexity index is 1400. The maximum absolute atomic E-state index is 12.1. The Morgan fingerprint density at radius 1 is 1.20 bits per heavy atom. The van der Waals surface area contributed by atoms with E-state index < -0.39 is 6.10 Å². The lowest BCUT2D eigenvalue weighted by Gasteiger charge is -2.34. The predicted octanol–water partition coefficient (Wildman–Crippen LogP) is 1.52. The minimum absolute atomic E-state index is 0.0103. The molecule has 41 heavy (non-hydrogen) atoms. The van der Waals surface area contributed by atoms with Crippen LogP contribution >= 0.6 is 11.8 Å². The van der Waals surface area contributed by atoms with E-state index in [1.54, 1.807) is 12.1 Å². The number of piperidine rings is 1. The number of nitrogens with one attached hydrogen (secondary N) is 2. The summed E-state index contributed by atoms with van der Waals surface area (Å²) in [7, 11) is 0. The fourth-order valence-corrected chi connectivity index (χ4v) is 5.76. The number of anilines is 2. The van der Waals surface area contributed by atoms with E-state index in [4.69, 9.17) is 16.2 Å². The number of amides is 2. The van der Waals surface area contributed by atoms with E-state index in [-0.39, 0.29) is 41.3 Å². The third-order valence-corrected chi connectivity index (χ3v) is 7.95. The third-order valence-electron chi connectivity index (χ3n) is 7.07. The standard InChI is InChI=1S/C28H33N7O5S/c29-27(30)34-28-33-26(39)23(41-28)13-16-1-3-18(4-2-16)35-11-9-17(10-12-35)31-14-19(36)15-40-22-7-6-21(37)25-20(22)5-8-24(38)32-25/h1-4,6-7,13,17,19,31,36-37H,5,8-12,14-15H2,(H,32,38)(H4,29,30,33,34,39)/b23-13+. The minimum Gasteiger partial charge on any atom is -0.506 e. The molecule has 3 aliphatic rings. The van der Waals surface area contributed by atoms with Crippen molar-refractivity contribution in [2.45, 2.75) is 37.8 Å². The first kappa shape index (κ1) is 28.5. The number of carbonyl (C=O) groups is 2. The smallest absolute Gasteiger partial charge is 0.286 e. The first-order valence-corrected chi connectivity index (χ1v) is 14.2. The molecule has 2 aromatic rings. The van der Waals surface area contributed by atoms with Gasteiger partial charge in [-0.1, -0.05) is 12.1 Å². The summed E-state index contributed by atoms with van der Waals surface area (Å²) < 4.78 is 5.84. The topological polar surface area (TPSA) is 188 Å². The SMILES string of the molecule is NC(N)=NC1=NC(=O)/C(=C\c2ccc(N3CCC(NCC(O)COc4ccc(O)c5c4CCC(=O)N5)CC3)cc2)S1. The summed E-state index contributed by atoms with van der Waals surface area (Å²) in [6.07, 6.45) is 3.74. The number of guanidine groups is 1. The Labute approximate surface area is 241 Å². The number of phenols is 1. The molecule has 0 saturated carbocycles. The van der Waals surface area contributed by atoms with Crippen molar-refractivity contribution in [3.05, 3.63) is 52.4 Å². The molecule has 1 atom stereocenters. The molecule has 0 radical (unpaired) electrons. The molecule has 0 bridgehead atoms. The van der Waals surface area contributed by atoms with E-state index in [9.17, 15) is 19.8 Å². The van der Waals surface area contributed by atoms with E-state index in [0.29, 0.717) is 35.7 Å². The van der Waals surface area contributed by atoms with Gasteiger partial charge >= 0.3 is 0 Å². The normalized spacial score (nSPS) is 19.0. The van der Waals surface area contributed by atoms with Crippen LogP contribution in [0.2, 0.25) is 0 Å². The van der Waals surface area contributed by atoms with E-state index in [2.05, 4.69) is 25.5 Å². The molecule has 1 fully saturated rings. The van der Waals surface area contributed by atoms with Crippen molar-refractivity contribution in [1.82, 2.24) is 5.32 Å². The van der Waals surface area contributed by atoms with Gasteiger partial charge < -0.3 is 42.0 Å². The van der Waals surface area contributed by atoms with Gasteiger partial charge in [0, 0.05) is 43.3 Å². The van der Waals surface area contributed by atoms with Crippen LogP contribution in [-0.2, 0) is 16.0 Å². The third kappa shape index (κ3) is 7.17. The van der Waals surface area contributed by atoms with E-state index >= 15 is 0 Å². The van der Waals surface area contributed by atoms with Gasteiger partial charge in [-0.15, -0.1) is 0 Å². The monoisotopic (exact) mass is 579 g/mol. The average Bonchev–Trinajstić information content (AvgIpc) is 3.29. The Balaban J connectivity index is 1.05. The minimum atomic E-state index is -0.705. The van der Waals surface area contributed by atoms with Gasteiger partial charge in [0.2, 0.25) is 5.91 Å². The van der Waals surface area contributed by atoms with Crippen LogP contribution in [0.3, 0.4) is 0 Å². The number of aliphatic imine (C=N–C) groups is 2. The van der Waals surface area contributed by atoms with Gasteiger partial charge in [0.25, 0.3) is 5.91 Å². The number of aromatic hydroxyl groups is 1. The summed E-state index contributed by atoms with van der Waals surface area (Å²) in [5, 5.41) is 26.9. The number of hydrogen-bond acceptors (Lipinski definition) is 9. The molecule has 8 N–H and O–H groups in total. The van der Waals surface area contributed by atoms with Crippen molar-refractivity contribution in [1.29, 1.82) is 0 Å². The lowest BCUT2D eigenvalue weighted by Crippen LogP contribution is -2.45. The molecule has 0 aliphatic carbocycles. The number of fused-ring (bicyclic) bond motifs is 1. The molecule has 2 aromatic carbocycles. The Hall–Kier alpha value is -4.07. The number of carbonyl (C=O) groups excluding carboxylic acids is 2. The zero-order chi connectivity index (χ0) is 28.9. The number of aliphatic hydroxyl groups is 1. The zero-order valence-corrected chi connectivity index (χ0v) is 23.2. The first-order valence-electron chi connectivity index (χ1n) is 13.4. The molecule has 1 saturated heterocycles. The van der Waals surface area contributed by atoms with Gasteiger partial charge in [-0.25, -0.2) is 0 Å². The summed E-state index contributed by atoms with van der Waals surface area (Å²) in [6, 6.07) is 11.4. The highest BCUT2D eigenvalue weighted by Crippen LogP contribution is 2.38. The van der Waals surface area contributed by atoms with Crippen molar-refractivity contribution < 1.29 is 24.5 Å². The molecule has 3 aliphatic heterocycles. The van der Waals surface area contributed by atoms with Crippen molar-refractivity contribution in [2.24, 2.45) is 21.5 Å². The maximum Gasteiger partial charge on any atom is 0.286 e. The Kier molecular flexibility index (Phi) is 8.76. The first-order chi connectivity index (χ1) is 19.7. The molecule has 3 heterocycles. The summed E-state index contributed by atoms with van der Waals surface area (Å²) >= 11 is 1.14. The molecule has 1 unspecified atom stereocenters. The molecule has 0 aromatic heterocycles. The molecule has 13 heteroatoms. The summed E-state index contributed by atoms with van der Waals surface area (Å²) in [5.41, 5.74) is 13.9. The number of phenolic OH excluding ortho intramolecular Hbond substituents is 1. The second kappa shape index (κ2) is 12.6. The molecular formula is C28H33N7O5S. The van der Waals surface area contributed by atoms with E-state index in [0.717, 1.165) is 54.5 Å². The van der Waals surface area contributed by atoms with Crippen LogP contribution in [0.4, 0.5) is 11.4 Å². The number of ether oxygens (including phenoxy) is 1. The molecule has 0 spiro atoms. The largest absolute Gasteiger partial charge is 0.506 e. The second-order valence-electron chi connectivity index (χ2n) is 10.1. The lowest BCUT2D eigenvalue weighted by molar-refractivity contribution is -0.116. The fraction of sp³-hybridized carbons (Fsp3) is 0.357. The van der Waals surface area contributed by atoms with Crippen LogP contribution in [0.5, 0.6) is 11.5 Å². The second-order valence-corrected chi connectivity index (χ2v) is 11.1. The Morgan fingerprint density at radius 2 is 1.95 bits per heavy atom. The van der Waals surface area contributed by atoms with Crippen molar-refractivity contribution in [3.63, 3.8) is 0 Å². The maximum atomic E-state index is 12.1. The molecule has 216 valence electrons. The highest BCUT2D eigenvalue weighted by atomic mass is 32.2. The van der Waals surface area contributed by atoms with Gasteiger partial charge in [0.1, 0.15) is 24.2 Å². The fourth-order valence-electron chi connectivity index (χ4n) is 4.96. The summed E-state index contributed by atoms with van der Waals surface area (Å²) in [6.45, 7) is 2.25. The Morgan fingerprint density at radius 3 is 2.68 bits per heavy atom. The van der Waals surface area contributed by atoms with E-state index in [1.165, 1.54) is 6.07 Å². The molecule has 5 rings (SSSR count). The van der Waals surface area contributed by atoms with Crippen LogP contribution < -0.4 is 31.7 Å². The number of hydrogen-bond donors (Lipinski definition) is 6. The number of amidine groups is 1. The zero-order valence-electron chi connectivity index (χ0n) is 22.4. The predicted molar refractivity (Wildman–Crippen MR) is 160 cm³/mol. The number of nitrogens with two attached hydrogens (primary N) is 2. The van der Waals surface area contributed by atoms with Crippen LogP contribution in [-0.4, -0.2) is 71.5 Å². The molecule has 2 amide bonds. The van der Waals surface area contributed by atoms with E-state index in [1.807, 2.05) is 24.3 Å². The number of rotatable bonds is 8. The van der Waals surface area contributed by atoms with Gasteiger partial charge in [0.05, 0.1) is 10.6 Å². The van der Waals surface area contributed by atoms with Crippen LogP contribution in [0, 0.1) is 0 Å². The van der Waals surface area contributed by atoms with Gasteiger partial charge in [0.15, 0.2) is 11.1 Å². The summed E-state index contributed by atoms with van der Waals surface area (Å²) in [4.78, 5) is 34.2. The lowest BCUT2D eigenvalue weighted by atomic mass is 10.0.